The fourth-order valence-electron chi connectivity index (χ4n) is 3.79. The Morgan fingerprint density at radius 1 is 1.33 bits per heavy atom. The fourth-order valence-corrected chi connectivity index (χ4v) is 3.79. The number of aromatic amines is 1. The number of H-pyrrole nitrogens is 1. The van der Waals surface area contributed by atoms with Gasteiger partial charge in [0, 0.05) is 19.3 Å². The summed E-state index contributed by atoms with van der Waals surface area (Å²) >= 11 is 0. The number of ether oxygens (including phenoxy) is 1. The molecule has 0 saturated carbocycles. The molecular weight excluding hydrogens is 361 g/mol. The molecule has 1 N–H and O–H groups in total. The van der Waals surface area contributed by atoms with Crippen LogP contribution >= 0.6 is 0 Å². The lowest BCUT2D eigenvalue weighted by molar-refractivity contribution is -0.925. The number of aromatic nitrogens is 3. The minimum atomic E-state index is -4.70. The van der Waals surface area contributed by atoms with Gasteiger partial charge in [-0.2, -0.15) is 0 Å². The van der Waals surface area contributed by atoms with Gasteiger partial charge in [-0.15, -0.1) is 18.3 Å². The summed E-state index contributed by atoms with van der Waals surface area (Å²) in [6.07, 6.45) is -0.347. The van der Waals surface area contributed by atoms with Crippen molar-refractivity contribution in [3.05, 3.63) is 41.7 Å². The van der Waals surface area contributed by atoms with Crippen LogP contribution in [0.4, 0.5) is 13.2 Å². The third kappa shape index (κ3) is 5.06. The fraction of sp³-hybridized carbons (Fsp3) is 0.500. The van der Waals surface area contributed by atoms with Crippen molar-refractivity contribution >= 4 is 5.78 Å². The van der Waals surface area contributed by atoms with Crippen LogP contribution in [-0.2, 0) is 17.8 Å². The Morgan fingerprint density at radius 3 is 2.70 bits per heavy atom. The molecule has 2 atom stereocenters. The Hall–Kier alpha value is -2.42. The zero-order valence-corrected chi connectivity index (χ0v) is 15.0. The first kappa shape index (κ1) is 19.3. The summed E-state index contributed by atoms with van der Waals surface area (Å²) in [4.78, 5) is 12.8. The molecule has 2 aromatic rings. The van der Waals surface area contributed by atoms with Crippen LogP contribution in [0.25, 0.3) is 0 Å². The lowest BCUT2D eigenvalue weighted by Gasteiger charge is -2.34. The predicted molar refractivity (Wildman–Crippen MR) is 90.6 cm³/mol. The third-order valence-electron chi connectivity index (χ3n) is 5.08. The molecule has 9 heteroatoms. The van der Waals surface area contributed by atoms with Gasteiger partial charge < -0.3 is 9.22 Å². The molecule has 0 bridgehead atoms. The van der Waals surface area contributed by atoms with Crippen molar-refractivity contribution in [2.75, 3.05) is 13.6 Å². The highest BCUT2D eigenvalue weighted by molar-refractivity contribution is 5.83. The number of quaternary nitrogens is 1. The monoisotopic (exact) mass is 383 g/mol. The number of Topliss-reactive ketones (excluding diaryl/α,β-unsaturated/α-hetero) is 1. The van der Waals surface area contributed by atoms with E-state index in [4.69, 9.17) is 0 Å². The number of aryl methyl sites for hydroxylation is 1. The van der Waals surface area contributed by atoms with E-state index in [1.54, 1.807) is 18.3 Å². The standard InChI is InChI=1S/C18H22F3N4O2/c1-25(12-14-11-22-24-23-14)10-2-3-16(25)17(26)9-6-13-4-7-15(8-5-13)27-18(19,20)21/h4-5,7-8,11,16H,2-3,6,9-10,12H2,1H3,(H,22,23,24)/q+1. The molecule has 27 heavy (non-hydrogen) atoms. The van der Waals surface area contributed by atoms with Crippen molar-refractivity contribution < 1.29 is 27.2 Å². The number of hydrogen-bond donors (Lipinski definition) is 1. The second-order valence-electron chi connectivity index (χ2n) is 7.16. The van der Waals surface area contributed by atoms with Crippen LogP contribution in [0, 0.1) is 0 Å². The number of ketones is 1. The van der Waals surface area contributed by atoms with Crippen molar-refractivity contribution in [1.29, 1.82) is 0 Å². The van der Waals surface area contributed by atoms with Crippen LogP contribution in [0.1, 0.15) is 30.5 Å². The molecule has 0 aliphatic carbocycles. The lowest BCUT2D eigenvalue weighted by Crippen LogP contribution is -2.51. The molecule has 0 amide bonds. The highest BCUT2D eigenvalue weighted by Crippen LogP contribution is 2.29. The first-order chi connectivity index (χ1) is 12.8. The van der Waals surface area contributed by atoms with Crippen molar-refractivity contribution in [3.8, 4) is 5.75 Å². The van der Waals surface area contributed by atoms with E-state index in [0.29, 0.717) is 23.9 Å². The van der Waals surface area contributed by atoms with Crippen molar-refractivity contribution in [2.45, 2.75) is 44.6 Å². The van der Waals surface area contributed by atoms with Gasteiger partial charge in [-0.05, 0) is 24.1 Å². The number of nitrogens with zero attached hydrogens (tertiary/aromatic N) is 3. The first-order valence-electron chi connectivity index (χ1n) is 8.82. The molecule has 1 aromatic heterocycles. The van der Waals surface area contributed by atoms with E-state index in [1.807, 2.05) is 0 Å². The average Bonchev–Trinajstić information content (AvgIpc) is 3.22. The van der Waals surface area contributed by atoms with Crippen LogP contribution in [0.2, 0.25) is 0 Å². The average molecular weight is 383 g/mol. The Balaban J connectivity index is 1.57. The minimum absolute atomic E-state index is 0.0823. The molecule has 0 spiro atoms. The van der Waals surface area contributed by atoms with E-state index in [0.717, 1.165) is 30.6 Å². The predicted octanol–water partition coefficient (Wildman–Crippen LogP) is 3.01. The second kappa shape index (κ2) is 7.67. The molecule has 1 saturated heterocycles. The van der Waals surface area contributed by atoms with Gasteiger partial charge in [-0.1, -0.05) is 17.3 Å². The topological polar surface area (TPSA) is 67.9 Å². The van der Waals surface area contributed by atoms with E-state index in [2.05, 4.69) is 27.2 Å². The van der Waals surface area contributed by atoms with Gasteiger partial charge in [0.05, 0.1) is 19.8 Å². The normalized spacial score (nSPS) is 22.7. The maximum atomic E-state index is 12.8. The van der Waals surface area contributed by atoms with E-state index < -0.39 is 6.36 Å². The SMILES string of the molecule is C[N+]1(Cc2cnn[nH]2)CCCC1C(=O)CCc1ccc(OC(F)(F)F)cc1. The quantitative estimate of drug-likeness (QED) is 0.747. The highest BCUT2D eigenvalue weighted by atomic mass is 19.4. The Labute approximate surface area is 154 Å². The van der Waals surface area contributed by atoms with E-state index in [1.165, 1.54) is 12.1 Å². The van der Waals surface area contributed by atoms with Crippen molar-refractivity contribution in [2.24, 2.45) is 0 Å². The van der Waals surface area contributed by atoms with Crippen LogP contribution in [-0.4, -0.2) is 51.7 Å². The van der Waals surface area contributed by atoms with Gasteiger partial charge >= 0.3 is 6.36 Å². The number of nitrogens with one attached hydrogen (secondary N) is 1. The van der Waals surface area contributed by atoms with E-state index >= 15 is 0 Å². The molecule has 1 aromatic carbocycles. The van der Waals surface area contributed by atoms with Crippen LogP contribution in [0.15, 0.2) is 30.5 Å². The molecule has 1 fully saturated rings. The summed E-state index contributed by atoms with van der Waals surface area (Å²) in [5, 5.41) is 10.4. The van der Waals surface area contributed by atoms with Gasteiger partial charge in [0.15, 0.2) is 5.78 Å². The molecule has 6 nitrogen and oxygen atoms in total. The smallest absolute Gasteiger partial charge is 0.406 e. The molecule has 2 unspecified atom stereocenters. The number of likely N-dealkylation sites (tertiary alicyclic amines) is 1. The number of rotatable bonds is 7. The Kier molecular flexibility index (Phi) is 5.50. The van der Waals surface area contributed by atoms with Crippen LogP contribution in [0.5, 0.6) is 5.75 Å². The summed E-state index contributed by atoms with van der Waals surface area (Å²) in [6, 6.07) is 5.59. The summed E-state index contributed by atoms with van der Waals surface area (Å²) in [6.45, 7) is 1.59. The Bertz CT molecular complexity index is 762. The van der Waals surface area contributed by atoms with Crippen molar-refractivity contribution in [3.63, 3.8) is 0 Å². The molecule has 1 aliphatic rings. The number of likely N-dealkylation sites (N-methyl/N-ethyl adjacent to an activating group) is 1. The van der Waals surface area contributed by atoms with Crippen LogP contribution in [0.3, 0.4) is 0 Å². The van der Waals surface area contributed by atoms with Gasteiger partial charge in [-0.25, -0.2) is 0 Å². The largest absolute Gasteiger partial charge is 0.573 e. The zero-order valence-electron chi connectivity index (χ0n) is 15.0. The summed E-state index contributed by atoms with van der Waals surface area (Å²) in [5.41, 5.74) is 1.71. The highest BCUT2D eigenvalue weighted by Gasteiger charge is 2.42. The van der Waals surface area contributed by atoms with E-state index in [9.17, 15) is 18.0 Å². The maximum absolute atomic E-state index is 12.8. The molecule has 146 valence electrons. The summed E-state index contributed by atoms with van der Waals surface area (Å²) < 4.78 is 41.1. The molecule has 0 radical (unpaired) electrons. The number of hydrogen-bond acceptors (Lipinski definition) is 4. The van der Waals surface area contributed by atoms with E-state index in [-0.39, 0.29) is 17.6 Å². The maximum Gasteiger partial charge on any atom is 0.573 e. The van der Waals surface area contributed by atoms with Crippen LogP contribution < -0.4 is 4.74 Å². The number of halogens is 3. The lowest BCUT2D eigenvalue weighted by atomic mass is 10.0. The number of carbonyl (C=O) groups is 1. The first-order valence-corrected chi connectivity index (χ1v) is 8.82. The number of alkyl halides is 3. The second-order valence-corrected chi connectivity index (χ2v) is 7.16. The van der Waals surface area contributed by atoms with Gasteiger partial charge in [0.25, 0.3) is 0 Å². The molecular formula is C18H22F3N4O2+. The Morgan fingerprint density at radius 2 is 2.07 bits per heavy atom. The molecule has 2 heterocycles. The van der Waals surface area contributed by atoms with Gasteiger partial charge in [0.2, 0.25) is 0 Å². The number of carbonyl (C=O) groups excluding carboxylic acids is 1. The third-order valence-corrected chi connectivity index (χ3v) is 5.08. The van der Waals surface area contributed by atoms with Crippen molar-refractivity contribution in [1.82, 2.24) is 15.4 Å². The summed E-state index contributed by atoms with van der Waals surface area (Å²) in [5.74, 6) is -0.0797. The molecule has 3 rings (SSSR count). The molecule has 1 aliphatic heterocycles. The minimum Gasteiger partial charge on any atom is -0.406 e. The van der Waals surface area contributed by atoms with Gasteiger partial charge in [0.1, 0.15) is 24.0 Å². The zero-order chi connectivity index (χ0) is 19.5. The number of benzene rings is 1. The van der Waals surface area contributed by atoms with Gasteiger partial charge in [-0.3, -0.25) is 9.89 Å². The summed E-state index contributed by atoms with van der Waals surface area (Å²) in [7, 11) is 2.07.